The number of rotatable bonds is 6. The second kappa shape index (κ2) is 8.95. The van der Waals surface area contributed by atoms with Crippen LogP contribution in [0.25, 0.3) is 0 Å². The molecule has 0 spiro atoms. The maximum atomic E-state index is 4.46. The van der Waals surface area contributed by atoms with Crippen molar-refractivity contribution in [3.8, 4) is 0 Å². The molecule has 2 fully saturated rings. The molecule has 0 aromatic carbocycles. The number of piperidine rings is 1. The van der Waals surface area contributed by atoms with Gasteiger partial charge in [0, 0.05) is 25.7 Å². The molecule has 0 unspecified atom stereocenters. The summed E-state index contributed by atoms with van der Waals surface area (Å²) in [5, 5.41) is 8.91. The van der Waals surface area contributed by atoms with Crippen LogP contribution in [-0.2, 0) is 6.54 Å². The first-order chi connectivity index (χ1) is 11.8. The summed E-state index contributed by atoms with van der Waals surface area (Å²) in [5.74, 6) is 0. The Labute approximate surface area is 147 Å². The molecule has 5 nitrogen and oxygen atoms in total. The minimum Gasteiger partial charge on any atom is -0.301 e. The van der Waals surface area contributed by atoms with E-state index in [9.17, 15) is 0 Å². The molecule has 0 aliphatic carbocycles. The molecule has 1 aromatic rings. The van der Waals surface area contributed by atoms with Crippen molar-refractivity contribution in [3.63, 3.8) is 0 Å². The Morgan fingerprint density at radius 2 is 1.79 bits per heavy atom. The van der Waals surface area contributed by atoms with Gasteiger partial charge in [0.05, 0.1) is 17.9 Å². The molecule has 0 radical (unpaired) electrons. The van der Waals surface area contributed by atoms with Gasteiger partial charge in [-0.3, -0.25) is 4.90 Å². The largest absolute Gasteiger partial charge is 0.301 e. The zero-order valence-corrected chi connectivity index (χ0v) is 15.7. The normalized spacial score (nSPS) is 23.2. The topological polar surface area (TPSA) is 37.2 Å². The summed E-state index contributed by atoms with van der Waals surface area (Å²) in [6.07, 6.45) is 12.7. The zero-order valence-electron chi connectivity index (χ0n) is 15.7. The summed E-state index contributed by atoms with van der Waals surface area (Å²) in [5.41, 5.74) is 1.15. The lowest BCUT2D eigenvalue weighted by atomic mass is 10.0. The van der Waals surface area contributed by atoms with Crippen molar-refractivity contribution in [3.05, 3.63) is 11.9 Å². The second-order valence-electron chi connectivity index (χ2n) is 7.79. The zero-order chi connectivity index (χ0) is 16.8. The summed E-state index contributed by atoms with van der Waals surface area (Å²) >= 11 is 0. The van der Waals surface area contributed by atoms with Gasteiger partial charge in [-0.1, -0.05) is 31.4 Å². The molecule has 3 heterocycles. The van der Waals surface area contributed by atoms with Crippen LogP contribution in [0.1, 0.15) is 76.9 Å². The van der Waals surface area contributed by atoms with Gasteiger partial charge in [0.25, 0.3) is 0 Å². The molecule has 0 N–H and O–H groups in total. The highest BCUT2D eigenvalue weighted by Crippen LogP contribution is 2.24. The Morgan fingerprint density at radius 1 is 1.08 bits per heavy atom. The first kappa shape index (κ1) is 17.9. The monoisotopic (exact) mass is 333 g/mol. The highest BCUT2D eigenvalue weighted by molar-refractivity contribution is 4.94. The van der Waals surface area contributed by atoms with E-state index >= 15 is 0 Å². The van der Waals surface area contributed by atoms with Crippen LogP contribution < -0.4 is 0 Å². The number of hydrogen-bond acceptors (Lipinski definition) is 4. The van der Waals surface area contributed by atoms with E-state index in [4.69, 9.17) is 0 Å². The van der Waals surface area contributed by atoms with E-state index in [1.54, 1.807) is 0 Å². The van der Waals surface area contributed by atoms with Crippen molar-refractivity contribution in [2.24, 2.45) is 0 Å². The van der Waals surface area contributed by atoms with Crippen LogP contribution in [0.4, 0.5) is 0 Å². The fraction of sp³-hybridized carbons (Fsp3) is 0.895. The lowest BCUT2D eigenvalue weighted by Gasteiger charge is -2.35. The number of hydrogen-bond donors (Lipinski definition) is 0. The van der Waals surface area contributed by atoms with Crippen molar-refractivity contribution >= 4 is 0 Å². The number of aromatic nitrogens is 3. The van der Waals surface area contributed by atoms with Crippen LogP contribution in [0, 0.1) is 0 Å². The average Bonchev–Trinajstić information content (AvgIpc) is 2.91. The molecule has 1 aromatic heterocycles. The minimum absolute atomic E-state index is 0.542. The number of nitrogens with zero attached hydrogens (tertiary/aromatic N) is 5. The first-order valence-electron chi connectivity index (χ1n) is 10.1. The molecule has 2 saturated heterocycles. The van der Waals surface area contributed by atoms with Crippen molar-refractivity contribution in [2.45, 2.75) is 83.8 Å². The van der Waals surface area contributed by atoms with Gasteiger partial charge in [0.1, 0.15) is 0 Å². The van der Waals surface area contributed by atoms with Crippen LogP contribution in [0.15, 0.2) is 6.20 Å². The predicted molar refractivity (Wildman–Crippen MR) is 98.0 cm³/mol. The maximum Gasteiger partial charge on any atom is 0.0967 e. The van der Waals surface area contributed by atoms with Crippen LogP contribution in [0.5, 0.6) is 0 Å². The molecule has 1 atom stereocenters. The third-order valence-electron chi connectivity index (χ3n) is 5.85. The molecule has 24 heavy (non-hydrogen) atoms. The predicted octanol–water partition coefficient (Wildman–Crippen LogP) is 3.48. The van der Waals surface area contributed by atoms with E-state index in [-0.39, 0.29) is 0 Å². The summed E-state index contributed by atoms with van der Waals surface area (Å²) in [7, 11) is 0. The smallest absolute Gasteiger partial charge is 0.0967 e. The highest BCUT2D eigenvalue weighted by atomic mass is 15.4. The third kappa shape index (κ3) is 4.79. The number of likely N-dealkylation sites (tertiary alicyclic amines) is 2. The van der Waals surface area contributed by atoms with E-state index in [2.05, 4.69) is 44.8 Å². The van der Waals surface area contributed by atoms with Crippen LogP contribution in [0.2, 0.25) is 0 Å². The van der Waals surface area contributed by atoms with Crippen molar-refractivity contribution < 1.29 is 0 Å². The molecule has 0 saturated carbocycles. The van der Waals surface area contributed by atoms with Gasteiger partial charge in [0.2, 0.25) is 0 Å². The lowest BCUT2D eigenvalue weighted by Crippen LogP contribution is -2.40. The fourth-order valence-electron chi connectivity index (χ4n) is 4.28. The van der Waals surface area contributed by atoms with E-state index < -0.39 is 0 Å². The van der Waals surface area contributed by atoms with Gasteiger partial charge in [0.15, 0.2) is 0 Å². The molecule has 5 heteroatoms. The first-order valence-corrected chi connectivity index (χ1v) is 10.1. The standard InChI is InChI=1S/C19H35N5/c1-3-8-17(2)23-13-9-19(10-14-23)24-16-18(20-21-24)15-22-11-6-4-5-7-12-22/h16-17,19H,3-15H2,1-2H3/t17-/m1/s1. The molecule has 2 aliphatic heterocycles. The Bertz CT molecular complexity index is 470. The fourth-order valence-corrected chi connectivity index (χ4v) is 4.28. The molecule has 0 bridgehead atoms. The van der Waals surface area contributed by atoms with E-state index in [1.807, 2.05) is 0 Å². The summed E-state index contributed by atoms with van der Waals surface area (Å²) in [6.45, 7) is 10.5. The third-order valence-corrected chi connectivity index (χ3v) is 5.85. The summed E-state index contributed by atoms with van der Waals surface area (Å²) < 4.78 is 2.15. The van der Waals surface area contributed by atoms with Gasteiger partial charge >= 0.3 is 0 Å². The molecule has 0 amide bonds. The van der Waals surface area contributed by atoms with Crippen LogP contribution in [0.3, 0.4) is 0 Å². The van der Waals surface area contributed by atoms with Gasteiger partial charge < -0.3 is 4.90 Å². The van der Waals surface area contributed by atoms with E-state index in [0.717, 1.165) is 18.3 Å². The quantitative estimate of drug-likeness (QED) is 0.799. The van der Waals surface area contributed by atoms with Crippen LogP contribution >= 0.6 is 0 Å². The Morgan fingerprint density at radius 3 is 2.46 bits per heavy atom. The average molecular weight is 334 g/mol. The Hall–Kier alpha value is -0.940. The van der Waals surface area contributed by atoms with Gasteiger partial charge in [-0.15, -0.1) is 5.10 Å². The van der Waals surface area contributed by atoms with E-state index in [1.165, 1.54) is 77.5 Å². The summed E-state index contributed by atoms with van der Waals surface area (Å²) in [6, 6.07) is 1.27. The Kier molecular flexibility index (Phi) is 6.67. The van der Waals surface area contributed by atoms with E-state index in [0.29, 0.717) is 6.04 Å². The van der Waals surface area contributed by atoms with Crippen molar-refractivity contribution in [1.29, 1.82) is 0 Å². The SMILES string of the molecule is CCC[C@@H](C)N1CCC(n2cc(CN3CCCCCC3)nn2)CC1. The van der Waals surface area contributed by atoms with Crippen molar-refractivity contribution in [2.75, 3.05) is 26.2 Å². The van der Waals surface area contributed by atoms with Gasteiger partial charge in [-0.05, 0) is 52.1 Å². The molecule has 136 valence electrons. The van der Waals surface area contributed by atoms with Gasteiger partial charge in [-0.2, -0.15) is 0 Å². The minimum atomic E-state index is 0.542. The lowest BCUT2D eigenvalue weighted by molar-refractivity contribution is 0.132. The Balaban J connectivity index is 1.49. The van der Waals surface area contributed by atoms with Crippen molar-refractivity contribution in [1.82, 2.24) is 24.8 Å². The second-order valence-corrected chi connectivity index (χ2v) is 7.79. The summed E-state index contributed by atoms with van der Waals surface area (Å²) in [4.78, 5) is 5.20. The van der Waals surface area contributed by atoms with Crippen LogP contribution in [-0.4, -0.2) is 57.0 Å². The highest BCUT2D eigenvalue weighted by Gasteiger charge is 2.24. The molecule has 3 rings (SSSR count). The maximum absolute atomic E-state index is 4.46. The molecule has 2 aliphatic rings. The molecular weight excluding hydrogens is 298 g/mol. The van der Waals surface area contributed by atoms with Gasteiger partial charge in [-0.25, -0.2) is 4.68 Å². The molecular formula is C19H35N5.